The fraction of sp³-hybridized carbons (Fsp3) is 0.538. The van der Waals surface area contributed by atoms with Gasteiger partial charge in [0.1, 0.15) is 11.3 Å². The maximum absolute atomic E-state index is 12.4. The monoisotopic (exact) mass is 306 g/mol. The third kappa shape index (κ3) is 5.58. The molecule has 0 radical (unpaired) electrons. The highest BCUT2D eigenvalue weighted by Gasteiger charge is 2.32. The molecule has 3 N–H and O–H groups in total. The molecule has 0 bridgehead atoms. The first-order valence-electron chi connectivity index (χ1n) is 6.56. The first-order valence-corrected chi connectivity index (χ1v) is 6.56. The number of aliphatic hydroxyl groups excluding tert-OH is 1. The number of aromatic amines is 1. The van der Waals surface area contributed by atoms with Gasteiger partial charge >= 0.3 is 6.18 Å². The third-order valence-electron chi connectivity index (χ3n) is 2.83. The summed E-state index contributed by atoms with van der Waals surface area (Å²) in [5, 5.41) is 11.1. The zero-order chi connectivity index (χ0) is 15.9. The van der Waals surface area contributed by atoms with Gasteiger partial charge in [0.15, 0.2) is 0 Å². The minimum Gasteiger partial charge on any atom is -0.396 e. The standard InChI is InChI=1S/C13H17F3N2O3/c14-13(15,16)10-6-5-9(12(21)18-10)11(20)17-7-3-1-2-4-8-19/h5-6,19H,1-4,7-8H2,(H,17,20)(H,18,21). The predicted molar refractivity (Wildman–Crippen MR) is 70.0 cm³/mol. The molecule has 1 amide bonds. The molecule has 1 heterocycles. The van der Waals surface area contributed by atoms with Crippen molar-refractivity contribution < 1.29 is 23.1 Å². The summed E-state index contributed by atoms with van der Waals surface area (Å²) >= 11 is 0. The van der Waals surface area contributed by atoms with Crippen LogP contribution in [0.2, 0.25) is 0 Å². The number of amides is 1. The van der Waals surface area contributed by atoms with Crippen LogP contribution in [0.5, 0.6) is 0 Å². The minimum atomic E-state index is -4.65. The summed E-state index contributed by atoms with van der Waals surface area (Å²) in [5.41, 5.74) is -2.60. The van der Waals surface area contributed by atoms with Crippen LogP contribution in [0.15, 0.2) is 16.9 Å². The molecule has 0 atom stereocenters. The van der Waals surface area contributed by atoms with Gasteiger partial charge in [0.25, 0.3) is 11.5 Å². The van der Waals surface area contributed by atoms with Gasteiger partial charge in [-0.15, -0.1) is 0 Å². The highest BCUT2D eigenvalue weighted by molar-refractivity contribution is 5.93. The van der Waals surface area contributed by atoms with Crippen molar-refractivity contribution in [2.45, 2.75) is 31.9 Å². The van der Waals surface area contributed by atoms with Crippen LogP contribution in [-0.2, 0) is 6.18 Å². The van der Waals surface area contributed by atoms with Crippen molar-refractivity contribution >= 4 is 5.91 Å². The first kappa shape index (κ1) is 17.2. The van der Waals surface area contributed by atoms with Crippen LogP contribution in [0.3, 0.4) is 0 Å². The molecule has 5 nitrogen and oxygen atoms in total. The fourth-order valence-electron chi connectivity index (χ4n) is 1.71. The van der Waals surface area contributed by atoms with Gasteiger partial charge in [-0.3, -0.25) is 9.59 Å². The van der Waals surface area contributed by atoms with Crippen molar-refractivity contribution in [1.82, 2.24) is 10.3 Å². The Hall–Kier alpha value is -1.83. The highest BCUT2D eigenvalue weighted by atomic mass is 19.4. The second kappa shape index (κ2) is 7.82. The number of pyridine rings is 1. The van der Waals surface area contributed by atoms with Gasteiger partial charge in [-0.2, -0.15) is 13.2 Å². The predicted octanol–water partition coefficient (Wildman–Crippen LogP) is 1.68. The van der Waals surface area contributed by atoms with E-state index < -0.39 is 23.3 Å². The fourth-order valence-corrected chi connectivity index (χ4v) is 1.71. The third-order valence-corrected chi connectivity index (χ3v) is 2.83. The smallest absolute Gasteiger partial charge is 0.396 e. The molecule has 1 rings (SSSR count). The van der Waals surface area contributed by atoms with E-state index in [1.54, 1.807) is 4.98 Å². The number of unbranched alkanes of at least 4 members (excludes halogenated alkanes) is 3. The molecular formula is C13H17F3N2O3. The number of halogens is 3. The molecule has 0 spiro atoms. The summed E-state index contributed by atoms with van der Waals surface area (Å²) in [6.07, 6.45) is -1.66. The Kier molecular flexibility index (Phi) is 6.41. The molecule has 0 saturated carbocycles. The quantitative estimate of drug-likeness (QED) is 0.670. The van der Waals surface area contributed by atoms with E-state index in [4.69, 9.17) is 5.11 Å². The van der Waals surface area contributed by atoms with Gasteiger partial charge in [0.05, 0.1) is 0 Å². The molecule has 8 heteroatoms. The molecule has 0 saturated heterocycles. The summed E-state index contributed by atoms with van der Waals surface area (Å²) in [5.74, 6) is -0.702. The number of carbonyl (C=O) groups excluding carboxylic acids is 1. The van der Waals surface area contributed by atoms with Crippen LogP contribution in [0.4, 0.5) is 13.2 Å². The van der Waals surface area contributed by atoms with Gasteiger partial charge in [-0.25, -0.2) is 0 Å². The Morgan fingerprint density at radius 2 is 1.86 bits per heavy atom. The lowest BCUT2D eigenvalue weighted by Crippen LogP contribution is -2.31. The van der Waals surface area contributed by atoms with Gasteiger partial charge in [-0.1, -0.05) is 12.8 Å². The van der Waals surface area contributed by atoms with Crippen LogP contribution in [-0.4, -0.2) is 29.1 Å². The molecule has 21 heavy (non-hydrogen) atoms. The largest absolute Gasteiger partial charge is 0.431 e. The Morgan fingerprint density at radius 3 is 2.43 bits per heavy atom. The number of hydrogen-bond acceptors (Lipinski definition) is 3. The number of aliphatic hydroxyl groups is 1. The van der Waals surface area contributed by atoms with Crippen molar-refractivity contribution in [2.24, 2.45) is 0 Å². The summed E-state index contributed by atoms with van der Waals surface area (Å²) in [6, 6.07) is 1.53. The zero-order valence-electron chi connectivity index (χ0n) is 11.3. The van der Waals surface area contributed by atoms with Crippen LogP contribution in [0.25, 0.3) is 0 Å². The van der Waals surface area contributed by atoms with E-state index in [1.807, 2.05) is 0 Å². The normalized spacial score (nSPS) is 11.4. The Labute approximate surface area is 119 Å². The SMILES string of the molecule is O=C(NCCCCCCO)c1ccc(C(F)(F)F)[nH]c1=O. The van der Waals surface area contributed by atoms with Crippen LogP contribution >= 0.6 is 0 Å². The molecular weight excluding hydrogens is 289 g/mol. The average molecular weight is 306 g/mol. The van der Waals surface area contributed by atoms with Crippen LogP contribution in [0, 0.1) is 0 Å². The van der Waals surface area contributed by atoms with Crippen molar-refractivity contribution in [3.63, 3.8) is 0 Å². The second-order valence-electron chi connectivity index (χ2n) is 4.51. The number of hydrogen-bond donors (Lipinski definition) is 3. The van der Waals surface area contributed by atoms with Crippen molar-refractivity contribution in [1.29, 1.82) is 0 Å². The van der Waals surface area contributed by atoms with Crippen molar-refractivity contribution in [2.75, 3.05) is 13.2 Å². The van der Waals surface area contributed by atoms with Gasteiger partial charge < -0.3 is 15.4 Å². The Morgan fingerprint density at radius 1 is 1.19 bits per heavy atom. The molecule has 0 unspecified atom stereocenters. The molecule has 1 aromatic heterocycles. The summed E-state index contributed by atoms with van der Waals surface area (Å²) in [6.45, 7) is 0.442. The van der Waals surface area contributed by atoms with E-state index in [0.29, 0.717) is 25.5 Å². The molecule has 0 fully saturated rings. The Balaban J connectivity index is 2.54. The van der Waals surface area contributed by atoms with E-state index in [9.17, 15) is 22.8 Å². The average Bonchev–Trinajstić information content (AvgIpc) is 2.41. The van der Waals surface area contributed by atoms with Crippen LogP contribution in [0.1, 0.15) is 41.7 Å². The van der Waals surface area contributed by atoms with E-state index in [1.165, 1.54) is 0 Å². The lowest BCUT2D eigenvalue weighted by Gasteiger charge is -2.08. The maximum atomic E-state index is 12.4. The molecule has 0 aliphatic heterocycles. The number of rotatable bonds is 7. The number of carbonyl (C=O) groups is 1. The highest BCUT2D eigenvalue weighted by Crippen LogP contribution is 2.26. The van der Waals surface area contributed by atoms with E-state index in [2.05, 4.69) is 5.32 Å². The van der Waals surface area contributed by atoms with Crippen molar-refractivity contribution in [3.05, 3.63) is 33.7 Å². The first-order chi connectivity index (χ1) is 9.86. The number of aromatic nitrogens is 1. The second-order valence-corrected chi connectivity index (χ2v) is 4.51. The number of alkyl halides is 3. The van der Waals surface area contributed by atoms with E-state index in [-0.39, 0.29) is 12.2 Å². The summed E-state index contributed by atoms with van der Waals surface area (Å²) < 4.78 is 37.1. The number of nitrogens with one attached hydrogen (secondary N) is 2. The van der Waals surface area contributed by atoms with Crippen molar-refractivity contribution in [3.8, 4) is 0 Å². The molecule has 0 aromatic carbocycles. The lowest BCUT2D eigenvalue weighted by molar-refractivity contribution is -0.141. The maximum Gasteiger partial charge on any atom is 0.431 e. The van der Waals surface area contributed by atoms with E-state index >= 15 is 0 Å². The van der Waals surface area contributed by atoms with E-state index in [0.717, 1.165) is 18.9 Å². The molecule has 0 aliphatic carbocycles. The number of H-pyrrole nitrogens is 1. The van der Waals surface area contributed by atoms with Gasteiger partial charge in [0, 0.05) is 13.2 Å². The van der Waals surface area contributed by atoms with Crippen LogP contribution < -0.4 is 10.9 Å². The van der Waals surface area contributed by atoms with Gasteiger partial charge in [-0.05, 0) is 25.0 Å². The minimum absolute atomic E-state index is 0.118. The summed E-state index contributed by atoms with van der Waals surface area (Å²) in [4.78, 5) is 24.8. The topological polar surface area (TPSA) is 82.2 Å². The molecule has 0 aliphatic rings. The summed E-state index contributed by atoms with van der Waals surface area (Å²) in [7, 11) is 0. The Bertz CT molecular complexity index is 526. The molecule has 118 valence electrons. The lowest BCUT2D eigenvalue weighted by atomic mass is 10.2. The van der Waals surface area contributed by atoms with Gasteiger partial charge in [0.2, 0.25) is 0 Å². The molecule has 1 aromatic rings. The zero-order valence-corrected chi connectivity index (χ0v) is 11.3.